The molecule has 0 bridgehead atoms. The molecule has 1 saturated carbocycles. The maximum Gasteiger partial charge on any atom is 0.130 e. The molecule has 3 nitrogen and oxygen atoms in total. The first-order valence-corrected chi connectivity index (χ1v) is 6.93. The van der Waals surface area contributed by atoms with Gasteiger partial charge in [-0.25, -0.2) is 0 Å². The van der Waals surface area contributed by atoms with E-state index in [1.165, 1.54) is 0 Å². The van der Waals surface area contributed by atoms with Crippen molar-refractivity contribution >= 4 is 11.6 Å². The summed E-state index contributed by atoms with van der Waals surface area (Å²) in [5, 5.41) is 15.9. The van der Waals surface area contributed by atoms with E-state index in [1.807, 2.05) is 14.0 Å². The van der Waals surface area contributed by atoms with E-state index >= 15 is 0 Å². The lowest BCUT2D eigenvalue weighted by Crippen LogP contribution is -2.35. The first-order valence-electron chi connectivity index (χ1n) is 6.55. The molecule has 18 heavy (non-hydrogen) atoms. The Morgan fingerprint density at radius 2 is 2.11 bits per heavy atom. The normalized spacial score (nSPS) is 30.9. The van der Waals surface area contributed by atoms with Gasteiger partial charge in [-0.2, -0.15) is 5.10 Å². The SMILES string of the molecule is Cc1nn(C)c(Cl)c1CC1(O)CC(C)(C)CC1C. The lowest BCUT2D eigenvalue weighted by atomic mass is 9.84. The predicted molar refractivity (Wildman–Crippen MR) is 73.8 cm³/mol. The minimum Gasteiger partial charge on any atom is -0.389 e. The Morgan fingerprint density at radius 3 is 2.50 bits per heavy atom. The Hall–Kier alpha value is -0.540. The van der Waals surface area contributed by atoms with Crippen molar-refractivity contribution in [2.24, 2.45) is 18.4 Å². The minimum atomic E-state index is -0.652. The van der Waals surface area contributed by atoms with Gasteiger partial charge < -0.3 is 5.11 Å². The number of nitrogens with zero attached hydrogens (tertiary/aromatic N) is 2. The van der Waals surface area contributed by atoms with Crippen LogP contribution in [0.15, 0.2) is 0 Å². The molecule has 0 aliphatic heterocycles. The lowest BCUT2D eigenvalue weighted by molar-refractivity contribution is 0.00432. The third-order valence-electron chi connectivity index (χ3n) is 4.31. The molecular weight excluding hydrogens is 248 g/mol. The van der Waals surface area contributed by atoms with E-state index in [4.69, 9.17) is 11.6 Å². The molecule has 2 unspecified atom stereocenters. The molecule has 102 valence electrons. The molecule has 0 amide bonds. The molecule has 0 spiro atoms. The average molecular weight is 271 g/mol. The summed E-state index contributed by atoms with van der Waals surface area (Å²) in [6, 6.07) is 0. The Bertz CT molecular complexity index is 467. The van der Waals surface area contributed by atoms with Crippen LogP contribution in [-0.2, 0) is 13.5 Å². The van der Waals surface area contributed by atoms with E-state index < -0.39 is 5.60 Å². The van der Waals surface area contributed by atoms with E-state index in [0.717, 1.165) is 24.1 Å². The van der Waals surface area contributed by atoms with Crippen molar-refractivity contribution < 1.29 is 5.11 Å². The number of hydrogen-bond acceptors (Lipinski definition) is 2. The summed E-state index contributed by atoms with van der Waals surface area (Å²) in [7, 11) is 1.84. The molecule has 2 atom stereocenters. The summed E-state index contributed by atoms with van der Waals surface area (Å²) in [6.45, 7) is 8.53. The number of rotatable bonds is 2. The van der Waals surface area contributed by atoms with E-state index in [1.54, 1.807) is 4.68 Å². The van der Waals surface area contributed by atoms with Gasteiger partial charge in [0.15, 0.2) is 0 Å². The molecule has 1 heterocycles. The highest BCUT2D eigenvalue weighted by Crippen LogP contribution is 2.49. The number of aryl methyl sites for hydroxylation is 2. The molecule has 2 rings (SSSR count). The van der Waals surface area contributed by atoms with Crippen LogP contribution in [0.5, 0.6) is 0 Å². The highest BCUT2D eigenvalue weighted by Gasteiger charge is 2.47. The smallest absolute Gasteiger partial charge is 0.130 e. The molecule has 0 aromatic carbocycles. The van der Waals surface area contributed by atoms with Gasteiger partial charge in [0.05, 0.1) is 11.3 Å². The van der Waals surface area contributed by atoms with Crippen molar-refractivity contribution in [1.82, 2.24) is 9.78 Å². The number of aliphatic hydroxyl groups is 1. The van der Waals surface area contributed by atoms with Crippen LogP contribution in [0.1, 0.15) is 44.9 Å². The van der Waals surface area contributed by atoms with Crippen LogP contribution in [0.25, 0.3) is 0 Å². The van der Waals surface area contributed by atoms with Crippen LogP contribution in [-0.4, -0.2) is 20.5 Å². The average Bonchev–Trinajstić information content (AvgIpc) is 2.55. The molecule has 0 saturated heterocycles. The molecule has 1 aliphatic carbocycles. The Labute approximate surface area is 114 Å². The van der Waals surface area contributed by atoms with Gasteiger partial charge >= 0.3 is 0 Å². The third-order valence-corrected chi connectivity index (χ3v) is 4.79. The van der Waals surface area contributed by atoms with Crippen molar-refractivity contribution in [3.05, 3.63) is 16.4 Å². The molecule has 1 fully saturated rings. The van der Waals surface area contributed by atoms with Crippen molar-refractivity contribution in [3.63, 3.8) is 0 Å². The molecule has 1 N–H and O–H groups in total. The van der Waals surface area contributed by atoms with Gasteiger partial charge in [-0.15, -0.1) is 0 Å². The summed E-state index contributed by atoms with van der Waals surface area (Å²) >= 11 is 6.26. The Kier molecular flexibility index (Phi) is 3.27. The van der Waals surface area contributed by atoms with Crippen molar-refractivity contribution in [2.75, 3.05) is 0 Å². The van der Waals surface area contributed by atoms with E-state index in [0.29, 0.717) is 17.5 Å². The summed E-state index contributed by atoms with van der Waals surface area (Å²) in [4.78, 5) is 0. The number of halogens is 1. The maximum absolute atomic E-state index is 10.9. The Balaban J connectivity index is 2.28. The zero-order valence-electron chi connectivity index (χ0n) is 11.9. The monoisotopic (exact) mass is 270 g/mol. The van der Waals surface area contributed by atoms with Gasteiger partial charge in [0.2, 0.25) is 0 Å². The van der Waals surface area contributed by atoms with Gasteiger partial charge in [-0.05, 0) is 31.1 Å². The van der Waals surface area contributed by atoms with Crippen LogP contribution in [0.2, 0.25) is 5.15 Å². The van der Waals surface area contributed by atoms with Gasteiger partial charge in [0.25, 0.3) is 0 Å². The van der Waals surface area contributed by atoms with E-state index in [9.17, 15) is 5.11 Å². The third kappa shape index (κ3) is 2.30. The van der Waals surface area contributed by atoms with Crippen LogP contribution in [0.4, 0.5) is 0 Å². The largest absolute Gasteiger partial charge is 0.389 e. The lowest BCUT2D eigenvalue weighted by Gasteiger charge is -2.28. The molecule has 1 aromatic rings. The second kappa shape index (κ2) is 4.24. The van der Waals surface area contributed by atoms with Gasteiger partial charge in [0, 0.05) is 19.0 Å². The van der Waals surface area contributed by atoms with Crippen molar-refractivity contribution in [3.8, 4) is 0 Å². The number of hydrogen-bond donors (Lipinski definition) is 1. The predicted octanol–water partition coefficient (Wildman–Crippen LogP) is 3.11. The van der Waals surface area contributed by atoms with Crippen LogP contribution < -0.4 is 0 Å². The van der Waals surface area contributed by atoms with Crippen molar-refractivity contribution in [2.45, 2.75) is 52.6 Å². The number of aromatic nitrogens is 2. The first kappa shape index (κ1) is 13.9. The van der Waals surface area contributed by atoms with Gasteiger partial charge in [-0.1, -0.05) is 32.4 Å². The summed E-state index contributed by atoms with van der Waals surface area (Å²) in [5.74, 6) is 0.295. The van der Waals surface area contributed by atoms with Gasteiger partial charge in [0.1, 0.15) is 5.15 Å². The highest BCUT2D eigenvalue weighted by molar-refractivity contribution is 6.30. The molecule has 1 aliphatic rings. The quantitative estimate of drug-likeness (QED) is 0.897. The topological polar surface area (TPSA) is 38.0 Å². The maximum atomic E-state index is 10.9. The minimum absolute atomic E-state index is 0.205. The molecule has 4 heteroatoms. The van der Waals surface area contributed by atoms with Crippen LogP contribution in [0, 0.1) is 18.3 Å². The molecular formula is C14H23ClN2O. The summed E-state index contributed by atoms with van der Waals surface area (Å²) in [6.07, 6.45) is 2.49. The fourth-order valence-electron chi connectivity index (χ4n) is 3.51. The standard InChI is InChI=1S/C14H23ClN2O/c1-9-6-13(3,4)8-14(9,18)7-11-10(2)16-17(5)12(11)15/h9,18H,6-8H2,1-5H3. The second-order valence-corrected chi connectivity index (χ2v) is 7.06. The van der Waals surface area contributed by atoms with Crippen molar-refractivity contribution in [1.29, 1.82) is 0 Å². The summed E-state index contributed by atoms with van der Waals surface area (Å²) in [5.41, 5.74) is 1.47. The molecule has 1 aromatic heterocycles. The highest BCUT2D eigenvalue weighted by atomic mass is 35.5. The Morgan fingerprint density at radius 1 is 1.50 bits per heavy atom. The summed E-state index contributed by atoms with van der Waals surface area (Å²) < 4.78 is 1.68. The molecule has 0 radical (unpaired) electrons. The first-order chi connectivity index (χ1) is 8.15. The van der Waals surface area contributed by atoms with Gasteiger partial charge in [-0.3, -0.25) is 4.68 Å². The zero-order chi connectivity index (χ0) is 13.7. The fourth-order valence-corrected chi connectivity index (χ4v) is 3.75. The van der Waals surface area contributed by atoms with E-state index in [2.05, 4.69) is 25.9 Å². The van der Waals surface area contributed by atoms with Crippen LogP contribution in [0.3, 0.4) is 0 Å². The second-order valence-electron chi connectivity index (χ2n) is 6.70. The van der Waals surface area contributed by atoms with E-state index in [-0.39, 0.29) is 5.41 Å². The fraction of sp³-hybridized carbons (Fsp3) is 0.786. The van der Waals surface area contributed by atoms with Crippen LogP contribution >= 0.6 is 11.6 Å². The zero-order valence-corrected chi connectivity index (χ0v) is 12.7.